The minimum absolute atomic E-state index is 0.160. The molecule has 1 aliphatic rings. The molecule has 1 unspecified atom stereocenters. The molecule has 1 atom stereocenters. The van der Waals surface area contributed by atoms with Crippen molar-refractivity contribution >= 4 is 34.7 Å². The van der Waals surface area contributed by atoms with Gasteiger partial charge in [0, 0.05) is 17.4 Å². The SMILES string of the molecule is O=C1C(=O)N(c2ccc(F)c(Cl)c2)C(c2ccccn2)/C1=C(\O)c1ccc(F)cc1. The lowest BCUT2D eigenvalue weighted by Gasteiger charge is -2.24. The monoisotopic (exact) mass is 426 g/mol. The average Bonchev–Trinajstić information content (AvgIpc) is 3.01. The largest absolute Gasteiger partial charge is 0.507 e. The Hall–Kier alpha value is -3.58. The minimum Gasteiger partial charge on any atom is -0.507 e. The number of amides is 1. The van der Waals surface area contributed by atoms with Gasteiger partial charge in [-0.1, -0.05) is 17.7 Å². The van der Waals surface area contributed by atoms with Crippen LogP contribution in [0, 0.1) is 11.6 Å². The number of aliphatic hydroxyl groups excluding tert-OH is 1. The number of benzene rings is 2. The number of carbonyl (C=O) groups is 2. The van der Waals surface area contributed by atoms with E-state index in [-0.39, 0.29) is 21.8 Å². The van der Waals surface area contributed by atoms with Gasteiger partial charge >= 0.3 is 0 Å². The number of carbonyl (C=O) groups excluding carboxylic acids is 2. The Kier molecular flexibility index (Phi) is 5.05. The van der Waals surface area contributed by atoms with Crippen molar-refractivity contribution in [2.75, 3.05) is 4.90 Å². The molecule has 0 radical (unpaired) electrons. The van der Waals surface area contributed by atoms with Crippen LogP contribution >= 0.6 is 11.6 Å². The average molecular weight is 427 g/mol. The Morgan fingerprint density at radius 3 is 2.40 bits per heavy atom. The van der Waals surface area contributed by atoms with Crippen LogP contribution in [0.4, 0.5) is 14.5 Å². The highest BCUT2D eigenvalue weighted by molar-refractivity contribution is 6.51. The molecule has 0 aliphatic carbocycles. The first-order chi connectivity index (χ1) is 14.4. The molecule has 0 spiro atoms. The Morgan fingerprint density at radius 1 is 1.03 bits per heavy atom. The molecule has 8 heteroatoms. The Morgan fingerprint density at radius 2 is 1.77 bits per heavy atom. The molecule has 1 N–H and O–H groups in total. The second kappa shape index (κ2) is 7.68. The van der Waals surface area contributed by atoms with Crippen molar-refractivity contribution in [2.45, 2.75) is 6.04 Å². The summed E-state index contributed by atoms with van der Waals surface area (Å²) in [6.45, 7) is 0. The van der Waals surface area contributed by atoms with E-state index in [1.807, 2.05) is 0 Å². The highest BCUT2D eigenvalue weighted by atomic mass is 35.5. The third-order valence-corrected chi connectivity index (χ3v) is 5.00. The Balaban J connectivity index is 1.94. The molecular formula is C22H13ClF2N2O3. The van der Waals surface area contributed by atoms with Gasteiger partial charge in [-0.15, -0.1) is 0 Å². The summed E-state index contributed by atoms with van der Waals surface area (Å²) in [7, 11) is 0. The van der Waals surface area contributed by atoms with Crippen molar-refractivity contribution in [3.8, 4) is 0 Å². The van der Waals surface area contributed by atoms with Crippen molar-refractivity contribution in [3.63, 3.8) is 0 Å². The molecule has 3 aromatic rings. The molecule has 0 bridgehead atoms. The van der Waals surface area contributed by atoms with Gasteiger partial charge in [-0.25, -0.2) is 8.78 Å². The summed E-state index contributed by atoms with van der Waals surface area (Å²) >= 11 is 5.87. The third-order valence-electron chi connectivity index (χ3n) is 4.71. The van der Waals surface area contributed by atoms with Gasteiger partial charge in [0.05, 0.1) is 16.3 Å². The Labute approximate surface area is 174 Å². The summed E-state index contributed by atoms with van der Waals surface area (Å²) in [5.41, 5.74) is 0.413. The maximum absolute atomic E-state index is 13.6. The first-order valence-electron chi connectivity index (χ1n) is 8.81. The molecule has 4 rings (SSSR count). The number of hydrogen-bond donors (Lipinski definition) is 1. The normalized spacial score (nSPS) is 18.1. The number of hydrogen-bond acceptors (Lipinski definition) is 4. The summed E-state index contributed by atoms with van der Waals surface area (Å²) in [4.78, 5) is 31.1. The third kappa shape index (κ3) is 3.33. The fraction of sp³-hybridized carbons (Fsp3) is 0.0455. The number of aliphatic hydroxyl groups is 1. The molecule has 1 aromatic heterocycles. The molecule has 1 saturated heterocycles. The van der Waals surface area contributed by atoms with Crippen LogP contribution in [0.3, 0.4) is 0 Å². The van der Waals surface area contributed by atoms with E-state index in [1.165, 1.54) is 30.5 Å². The molecule has 0 saturated carbocycles. The van der Waals surface area contributed by atoms with Gasteiger partial charge in [0.2, 0.25) is 0 Å². The van der Waals surface area contributed by atoms with Crippen LogP contribution in [0.25, 0.3) is 5.76 Å². The fourth-order valence-electron chi connectivity index (χ4n) is 3.31. The molecular weight excluding hydrogens is 414 g/mol. The van der Waals surface area contributed by atoms with E-state index in [2.05, 4.69) is 4.98 Å². The molecule has 1 aliphatic heterocycles. The number of pyridine rings is 1. The number of halogens is 3. The molecule has 1 amide bonds. The second-order valence-electron chi connectivity index (χ2n) is 6.53. The lowest BCUT2D eigenvalue weighted by atomic mass is 9.98. The molecule has 2 aromatic carbocycles. The van der Waals surface area contributed by atoms with Crippen molar-refractivity contribution in [1.29, 1.82) is 0 Å². The van der Waals surface area contributed by atoms with Crippen LogP contribution in [-0.4, -0.2) is 21.8 Å². The summed E-state index contributed by atoms with van der Waals surface area (Å²) in [6.07, 6.45) is 1.48. The smallest absolute Gasteiger partial charge is 0.300 e. The first kappa shape index (κ1) is 19.7. The Bertz CT molecular complexity index is 1180. The minimum atomic E-state index is -1.09. The van der Waals surface area contributed by atoms with Gasteiger partial charge in [0.1, 0.15) is 23.4 Å². The van der Waals surface area contributed by atoms with Crippen LogP contribution in [0.5, 0.6) is 0 Å². The fourth-order valence-corrected chi connectivity index (χ4v) is 3.49. The van der Waals surface area contributed by atoms with Gasteiger partial charge in [-0.05, 0) is 54.6 Å². The van der Waals surface area contributed by atoms with Crippen molar-refractivity contribution in [2.24, 2.45) is 0 Å². The van der Waals surface area contributed by atoms with Gasteiger partial charge in [0.15, 0.2) is 0 Å². The number of Topliss-reactive ketones (excluding diaryl/α,β-unsaturated/α-hetero) is 1. The van der Waals surface area contributed by atoms with E-state index in [4.69, 9.17) is 11.6 Å². The van der Waals surface area contributed by atoms with E-state index in [0.29, 0.717) is 5.69 Å². The van der Waals surface area contributed by atoms with Crippen LogP contribution < -0.4 is 4.90 Å². The van der Waals surface area contributed by atoms with Gasteiger partial charge in [-0.2, -0.15) is 0 Å². The van der Waals surface area contributed by atoms with E-state index in [9.17, 15) is 23.5 Å². The van der Waals surface area contributed by atoms with E-state index in [1.54, 1.807) is 18.2 Å². The zero-order valence-corrected chi connectivity index (χ0v) is 16.0. The summed E-state index contributed by atoms with van der Waals surface area (Å²) < 4.78 is 26.9. The predicted octanol–water partition coefficient (Wildman–Crippen LogP) is 4.64. The number of aromatic nitrogens is 1. The molecule has 150 valence electrons. The first-order valence-corrected chi connectivity index (χ1v) is 9.19. The zero-order chi connectivity index (χ0) is 21.4. The highest BCUT2D eigenvalue weighted by Crippen LogP contribution is 2.42. The standard InChI is InChI=1S/C22H13ClF2N2O3/c23-15-11-14(8-9-16(15)25)27-19(17-3-1-2-10-26-17)18(21(29)22(27)30)20(28)12-4-6-13(24)7-5-12/h1-11,19,28H/b20-18+. The lowest BCUT2D eigenvalue weighted by Crippen LogP contribution is -2.29. The zero-order valence-electron chi connectivity index (χ0n) is 15.2. The van der Waals surface area contributed by atoms with Crippen LogP contribution in [0.1, 0.15) is 17.3 Å². The van der Waals surface area contributed by atoms with Crippen LogP contribution in [-0.2, 0) is 9.59 Å². The van der Waals surface area contributed by atoms with Crippen molar-refractivity contribution in [1.82, 2.24) is 4.98 Å². The quantitative estimate of drug-likeness (QED) is 0.376. The van der Waals surface area contributed by atoms with Gasteiger partial charge in [0.25, 0.3) is 11.7 Å². The number of nitrogens with zero attached hydrogens (tertiary/aromatic N) is 2. The van der Waals surface area contributed by atoms with E-state index >= 15 is 0 Å². The maximum Gasteiger partial charge on any atom is 0.300 e. The molecule has 30 heavy (non-hydrogen) atoms. The van der Waals surface area contributed by atoms with Crippen molar-refractivity contribution < 1.29 is 23.5 Å². The molecule has 1 fully saturated rings. The summed E-state index contributed by atoms with van der Waals surface area (Å²) in [5.74, 6) is -3.56. The predicted molar refractivity (Wildman–Crippen MR) is 107 cm³/mol. The molecule has 2 heterocycles. The number of rotatable bonds is 3. The van der Waals surface area contributed by atoms with E-state index < -0.39 is 35.1 Å². The second-order valence-corrected chi connectivity index (χ2v) is 6.94. The van der Waals surface area contributed by atoms with Gasteiger partial charge < -0.3 is 5.11 Å². The molecule has 5 nitrogen and oxygen atoms in total. The summed E-state index contributed by atoms with van der Waals surface area (Å²) in [6, 6.07) is 12.3. The number of anilines is 1. The van der Waals surface area contributed by atoms with Crippen molar-refractivity contribution in [3.05, 3.63) is 100 Å². The van der Waals surface area contributed by atoms with Gasteiger partial charge in [-0.3, -0.25) is 19.5 Å². The van der Waals surface area contributed by atoms with Crippen LogP contribution in [0.15, 0.2) is 72.4 Å². The van der Waals surface area contributed by atoms with Crippen LogP contribution in [0.2, 0.25) is 5.02 Å². The highest BCUT2D eigenvalue weighted by Gasteiger charge is 2.47. The summed E-state index contributed by atoms with van der Waals surface area (Å²) in [5, 5.41) is 10.6. The lowest BCUT2D eigenvalue weighted by molar-refractivity contribution is -0.132. The topological polar surface area (TPSA) is 70.5 Å². The number of ketones is 1. The van der Waals surface area contributed by atoms with E-state index in [0.717, 1.165) is 23.1 Å². The maximum atomic E-state index is 13.6.